The number of phosphoric ester groups is 2. The van der Waals surface area contributed by atoms with E-state index in [9.17, 15) is 43.2 Å². The number of esters is 4. The van der Waals surface area contributed by atoms with Crippen molar-refractivity contribution in [3.05, 3.63) is 24.3 Å². The number of carbonyl (C=O) groups excluding carboxylic acids is 4. The summed E-state index contributed by atoms with van der Waals surface area (Å²) in [7, 11) is -9.90. The summed E-state index contributed by atoms with van der Waals surface area (Å²) in [4.78, 5) is 72.1. The lowest BCUT2D eigenvalue weighted by Gasteiger charge is -2.21. The summed E-state index contributed by atoms with van der Waals surface area (Å²) < 4.78 is 67.9. The molecular weight excluding hydrogens is 1140 g/mol. The van der Waals surface area contributed by atoms with Gasteiger partial charge in [-0.2, -0.15) is 0 Å². The van der Waals surface area contributed by atoms with E-state index in [0.29, 0.717) is 25.7 Å². The molecule has 0 amide bonds. The minimum absolute atomic E-state index is 0.0845. The van der Waals surface area contributed by atoms with Crippen LogP contribution in [0.3, 0.4) is 0 Å². The molecule has 0 aromatic heterocycles. The molecule has 6 atom stereocenters. The molecule has 3 N–H and O–H groups in total. The highest BCUT2D eigenvalue weighted by atomic mass is 31.2. The standard InChI is InChI=1S/C67H126O17P2/c1-7-10-12-14-15-16-17-18-19-20-21-28-33-39-45-51-66(71)84-63(56-78-65(70)50-44-38-32-27-23-22-26-31-37-42-48-60(6)9-3)58-82-86(75,76)80-54-61(68)53-79-85(73,74)81-57-62(55-77-64(69)49-43-35-13-11-8-2)83-67(72)52-46-40-34-29-24-25-30-36-41-47-59(4)5/h16-19,59-63,68H,7-15,20-58H2,1-6H3,(H,73,74)(H,75,76)/b17-16-,19-18-/t60?,61-,62+,63+/m0/s1. The molecule has 0 fully saturated rings. The molecule has 0 spiro atoms. The van der Waals surface area contributed by atoms with Gasteiger partial charge in [-0.25, -0.2) is 9.13 Å². The summed E-state index contributed by atoms with van der Waals surface area (Å²) in [6.45, 7) is 9.36. The van der Waals surface area contributed by atoms with Crippen molar-refractivity contribution in [2.45, 2.75) is 330 Å². The van der Waals surface area contributed by atoms with Crippen LogP contribution in [0.2, 0.25) is 0 Å². The first-order valence-corrected chi connectivity index (χ1v) is 37.3. The zero-order valence-corrected chi connectivity index (χ0v) is 56.9. The molecular formula is C67H126O17P2. The maximum atomic E-state index is 13.0. The summed E-state index contributed by atoms with van der Waals surface area (Å²) in [5.41, 5.74) is 0. The van der Waals surface area contributed by atoms with Gasteiger partial charge in [-0.1, -0.05) is 258 Å². The van der Waals surface area contributed by atoms with Gasteiger partial charge in [0.05, 0.1) is 26.4 Å². The molecule has 17 nitrogen and oxygen atoms in total. The Labute approximate surface area is 522 Å². The van der Waals surface area contributed by atoms with Crippen LogP contribution in [-0.2, 0) is 65.4 Å². The van der Waals surface area contributed by atoms with E-state index >= 15 is 0 Å². The largest absolute Gasteiger partial charge is 0.472 e. The van der Waals surface area contributed by atoms with Crippen molar-refractivity contribution in [1.29, 1.82) is 0 Å². The minimum atomic E-state index is -4.96. The van der Waals surface area contributed by atoms with E-state index in [1.165, 1.54) is 109 Å². The molecule has 3 unspecified atom stereocenters. The molecule has 0 aliphatic carbocycles. The van der Waals surface area contributed by atoms with Crippen LogP contribution in [0.25, 0.3) is 0 Å². The van der Waals surface area contributed by atoms with E-state index in [1.54, 1.807) is 0 Å². The third kappa shape index (κ3) is 59.2. The number of unbranched alkanes of at least 4 members (excludes halogenated alkanes) is 30. The van der Waals surface area contributed by atoms with Gasteiger partial charge in [0.1, 0.15) is 19.3 Å². The highest BCUT2D eigenvalue weighted by Crippen LogP contribution is 2.45. The van der Waals surface area contributed by atoms with Crippen LogP contribution in [-0.4, -0.2) is 96.7 Å². The average molecular weight is 1270 g/mol. The summed E-state index contributed by atoms with van der Waals surface area (Å²) in [5, 5.41) is 10.5. The van der Waals surface area contributed by atoms with E-state index in [4.69, 9.17) is 37.0 Å². The third-order valence-corrected chi connectivity index (χ3v) is 17.1. The molecule has 0 aromatic carbocycles. The monoisotopic (exact) mass is 1260 g/mol. The third-order valence-electron chi connectivity index (χ3n) is 15.2. The Morgan fingerprint density at radius 3 is 1.05 bits per heavy atom. The van der Waals surface area contributed by atoms with Gasteiger partial charge in [0.15, 0.2) is 12.2 Å². The van der Waals surface area contributed by atoms with Crippen molar-refractivity contribution in [1.82, 2.24) is 0 Å². The molecule has 0 saturated heterocycles. The first kappa shape index (κ1) is 83.5. The van der Waals surface area contributed by atoms with E-state index in [0.717, 1.165) is 121 Å². The lowest BCUT2D eigenvalue weighted by molar-refractivity contribution is -0.161. The molecule has 0 aliphatic rings. The number of aliphatic hydroxyl groups excluding tert-OH is 1. The number of aliphatic hydroxyl groups is 1. The van der Waals surface area contributed by atoms with Crippen LogP contribution < -0.4 is 0 Å². The molecule has 0 heterocycles. The van der Waals surface area contributed by atoms with Crippen molar-refractivity contribution in [3.8, 4) is 0 Å². The second-order valence-electron chi connectivity index (χ2n) is 24.2. The van der Waals surface area contributed by atoms with Crippen molar-refractivity contribution in [2.24, 2.45) is 11.8 Å². The van der Waals surface area contributed by atoms with Crippen LogP contribution in [0.1, 0.15) is 311 Å². The fourth-order valence-corrected chi connectivity index (χ4v) is 11.1. The number of allylic oxidation sites excluding steroid dienone is 4. The van der Waals surface area contributed by atoms with Gasteiger partial charge in [0.2, 0.25) is 0 Å². The topological polar surface area (TPSA) is 237 Å². The molecule has 0 rings (SSSR count). The van der Waals surface area contributed by atoms with Crippen molar-refractivity contribution in [3.63, 3.8) is 0 Å². The zero-order valence-electron chi connectivity index (χ0n) is 55.1. The van der Waals surface area contributed by atoms with Crippen molar-refractivity contribution < 1.29 is 80.2 Å². The SMILES string of the molecule is CCCCCC/C=C\C=C/CCCCCCCC(=O)O[C@H](COC(=O)CCCCCCCCCCCCC(C)CC)COP(=O)(O)OC[C@@H](O)COP(=O)(O)OC[C@@H](COC(=O)CCCCCCC)OC(=O)CCCCCCCCCCCC(C)C. The van der Waals surface area contributed by atoms with E-state index < -0.39 is 97.5 Å². The van der Waals surface area contributed by atoms with Crippen molar-refractivity contribution >= 4 is 39.5 Å². The Kier molecular flexibility index (Phi) is 57.2. The number of hydrogen-bond donors (Lipinski definition) is 3. The summed E-state index contributed by atoms with van der Waals surface area (Å²) in [6, 6.07) is 0. The number of ether oxygens (including phenoxy) is 4. The maximum Gasteiger partial charge on any atom is 0.472 e. The highest BCUT2D eigenvalue weighted by Gasteiger charge is 2.30. The summed E-state index contributed by atoms with van der Waals surface area (Å²) in [5.74, 6) is -0.629. The normalized spacial score (nSPS) is 14.7. The Balaban J connectivity index is 5.22. The fourth-order valence-electron chi connectivity index (χ4n) is 9.49. The molecule has 0 radical (unpaired) electrons. The van der Waals surface area contributed by atoms with E-state index in [2.05, 4.69) is 65.8 Å². The lowest BCUT2D eigenvalue weighted by atomic mass is 9.99. The number of phosphoric acid groups is 2. The van der Waals surface area contributed by atoms with Crippen molar-refractivity contribution in [2.75, 3.05) is 39.6 Å². The van der Waals surface area contributed by atoms with Crippen LogP contribution in [0.5, 0.6) is 0 Å². The molecule has 19 heteroatoms. The van der Waals surface area contributed by atoms with Crippen LogP contribution in [0.15, 0.2) is 24.3 Å². The number of rotatable bonds is 64. The van der Waals surface area contributed by atoms with Crippen LogP contribution in [0, 0.1) is 11.8 Å². The first-order valence-electron chi connectivity index (χ1n) is 34.3. The van der Waals surface area contributed by atoms with Gasteiger partial charge in [0, 0.05) is 25.7 Å². The minimum Gasteiger partial charge on any atom is -0.462 e. The molecule has 86 heavy (non-hydrogen) atoms. The van der Waals surface area contributed by atoms with Crippen LogP contribution in [0.4, 0.5) is 0 Å². The van der Waals surface area contributed by atoms with Gasteiger partial charge in [-0.3, -0.25) is 37.3 Å². The lowest BCUT2D eigenvalue weighted by Crippen LogP contribution is -2.30. The smallest absolute Gasteiger partial charge is 0.462 e. The number of carbonyl (C=O) groups is 4. The molecule has 0 aromatic rings. The summed E-state index contributed by atoms with van der Waals surface area (Å²) >= 11 is 0. The molecule has 506 valence electrons. The Bertz CT molecular complexity index is 1780. The fraction of sp³-hybridized carbons (Fsp3) is 0.881. The Morgan fingerprint density at radius 1 is 0.384 bits per heavy atom. The zero-order chi connectivity index (χ0) is 63.6. The van der Waals surface area contributed by atoms with Gasteiger partial charge in [-0.15, -0.1) is 0 Å². The second-order valence-corrected chi connectivity index (χ2v) is 27.1. The predicted octanol–water partition coefficient (Wildman–Crippen LogP) is 18.4. The van der Waals surface area contributed by atoms with Gasteiger partial charge in [-0.05, 0) is 63.2 Å². The predicted molar refractivity (Wildman–Crippen MR) is 344 cm³/mol. The highest BCUT2D eigenvalue weighted by molar-refractivity contribution is 7.47. The van der Waals surface area contributed by atoms with E-state index in [1.807, 2.05) is 0 Å². The van der Waals surface area contributed by atoms with Gasteiger partial charge < -0.3 is 33.8 Å². The van der Waals surface area contributed by atoms with Gasteiger partial charge in [0.25, 0.3) is 0 Å². The quantitative estimate of drug-likeness (QED) is 0.0169. The second kappa shape index (κ2) is 58.9. The molecule has 0 saturated carbocycles. The average Bonchev–Trinajstić information content (AvgIpc) is 3.59. The number of hydrogen-bond acceptors (Lipinski definition) is 15. The summed E-state index contributed by atoms with van der Waals surface area (Å²) in [6.07, 6.45) is 45.6. The van der Waals surface area contributed by atoms with Gasteiger partial charge >= 0.3 is 39.5 Å². The van der Waals surface area contributed by atoms with E-state index in [-0.39, 0.29) is 25.7 Å². The molecule has 0 aliphatic heterocycles. The Hall–Kier alpha value is -2.46. The Morgan fingerprint density at radius 2 is 0.686 bits per heavy atom. The first-order chi connectivity index (χ1) is 41.4. The maximum absolute atomic E-state index is 13.0. The van der Waals surface area contributed by atoms with Crippen LogP contribution >= 0.6 is 15.6 Å². The molecule has 0 bridgehead atoms.